The molecule has 0 spiro atoms. The average Bonchev–Trinajstić information content (AvgIpc) is 2.91. The standard InChI is InChI=1S/C13H25N5O/c1-2-8-19-13-4-3-5-17(11-13)6-7-18-10-12(9-14)15-16-18/h10,13H,2-9,11,14H2,1H3. The molecule has 0 saturated carbocycles. The van der Waals surface area contributed by atoms with Gasteiger partial charge < -0.3 is 10.5 Å². The van der Waals surface area contributed by atoms with Crippen LogP contribution in [0.4, 0.5) is 0 Å². The SMILES string of the molecule is CCCOC1CCCN(CCn2cc(CN)nn2)C1. The van der Waals surface area contributed by atoms with Crippen LogP contribution in [0.25, 0.3) is 0 Å². The molecule has 1 aliphatic heterocycles. The third-order valence-electron chi connectivity index (χ3n) is 3.46. The molecule has 0 aliphatic carbocycles. The summed E-state index contributed by atoms with van der Waals surface area (Å²) in [5.74, 6) is 0. The van der Waals surface area contributed by atoms with Crippen molar-refractivity contribution in [2.24, 2.45) is 5.73 Å². The van der Waals surface area contributed by atoms with Crippen molar-refractivity contribution in [3.8, 4) is 0 Å². The van der Waals surface area contributed by atoms with Crippen molar-refractivity contribution >= 4 is 0 Å². The van der Waals surface area contributed by atoms with E-state index < -0.39 is 0 Å². The van der Waals surface area contributed by atoms with Gasteiger partial charge in [-0.05, 0) is 25.8 Å². The zero-order valence-electron chi connectivity index (χ0n) is 11.8. The third-order valence-corrected chi connectivity index (χ3v) is 3.46. The molecule has 1 aliphatic rings. The van der Waals surface area contributed by atoms with E-state index in [2.05, 4.69) is 22.1 Å². The van der Waals surface area contributed by atoms with Crippen molar-refractivity contribution in [2.75, 3.05) is 26.2 Å². The van der Waals surface area contributed by atoms with Crippen molar-refractivity contribution in [3.05, 3.63) is 11.9 Å². The highest BCUT2D eigenvalue weighted by Gasteiger charge is 2.19. The predicted molar refractivity (Wildman–Crippen MR) is 73.6 cm³/mol. The fourth-order valence-electron chi connectivity index (χ4n) is 2.42. The van der Waals surface area contributed by atoms with E-state index in [1.165, 1.54) is 12.8 Å². The summed E-state index contributed by atoms with van der Waals surface area (Å²) in [5.41, 5.74) is 6.37. The first-order valence-corrected chi connectivity index (χ1v) is 7.25. The minimum Gasteiger partial charge on any atom is -0.377 e. The van der Waals surface area contributed by atoms with Gasteiger partial charge in [-0.1, -0.05) is 12.1 Å². The molecule has 0 radical (unpaired) electrons. The number of rotatable bonds is 7. The zero-order valence-corrected chi connectivity index (χ0v) is 11.8. The van der Waals surface area contributed by atoms with Crippen LogP contribution in [0.3, 0.4) is 0 Å². The summed E-state index contributed by atoms with van der Waals surface area (Å²) >= 11 is 0. The fourth-order valence-corrected chi connectivity index (χ4v) is 2.42. The van der Waals surface area contributed by atoms with Gasteiger partial charge in [-0.25, -0.2) is 0 Å². The lowest BCUT2D eigenvalue weighted by atomic mass is 10.1. The number of likely N-dealkylation sites (tertiary alicyclic amines) is 1. The lowest BCUT2D eigenvalue weighted by Crippen LogP contribution is -2.41. The molecule has 1 fully saturated rings. The van der Waals surface area contributed by atoms with Gasteiger partial charge in [0.25, 0.3) is 0 Å². The number of hydrogen-bond donors (Lipinski definition) is 1. The highest BCUT2D eigenvalue weighted by Crippen LogP contribution is 2.13. The maximum atomic E-state index is 5.84. The van der Waals surface area contributed by atoms with Gasteiger partial charge in [0.2, 0.25) is 0 Å². The number of hydrogen-bond acceptors (Lipinski definition) is 5. The van der Waals surface area contributed by atoms with E-state index in [1.54, 1.807) is 0 Å². The fraction of sp³-hybridized carbons (Fsp3) is 0.846. The molecule has 108 valence electrons. The van der Waals surface area contributed by atoms with Crippen molar-refractivity contribution in [1.82, 2.24) is 19.9 Å². The molecule has 1 saturated heterocycles. The molecule has 6 nitrogen and oxygen atoms in total. The molecule has 0 aromatic carbocycles. The summed E-state index contributed by atoms with van der Waals surface area (Å²) < 4.78 is 7.72. The Morgan fingerprint density at radius 3 is 3.11 bits per heavy atom. The van der Waals surface area contributed by atoms with Crippen LogP contribution in [0.15, 0.2) is 6.20 Å². The Hall–Kier alpha value is -0.980. The van der Waals surface area contributed by atoms with E-state index in [9.17, 15) is 0 Å². The van der Waals surface area contributed by atoms with Crippen LogP contribution >= 0.6 is 0 Å². The van der Waals surface area contributed by atoms with Gasteiger partial charge in [0, 0.05) is 32.4 Å². The van der Waals surface area contributed by atoms with Gasteiger partial charge in [-0.2, -0.15) is 0 Å². The summed E-state index contributed by atoms with van der Waals surface area (Å²) in [6, 6.07) is 0. The summed E-state index contributed by atoms with van der Waals surface area (Å²) in [7, 11) is 0. The molecule has 0 amide bonds. The summed E-state index contributed by atoms with van der Waals surface area (Å²) in [4.78, 5) is 2.45. The van der Waals surface area contributed by atoms with Gasteiger partial charge in [0.15, 0.2) is 0 Å². The Kier molecular flexibility index (Phi) is 5.75. The Balaban J connectivity index is 1.72. The highest BCUT2D eigenvalue weighted by molar-refractivity contribution is 4.90. The highest BCUT2D eigenvalue weighted by atomic mass is 16.5. The van der Waals surface area contributed by atoms with Crippen molar-refractivity contribution in [2.45, 2.75) is 45.4 Å². The first-order valence-electron chi connectivity index (χ1n) is 7.25. The average molecular weight is 267 g/mol. The van der Waals surface area contributed by atoms with Gasteiger partial charge in [0.05, 0.1) is 18.3 Å². The quantitative estimate of drug-likeness (QED) is 0.784. The van der Waals surface area contributed by atoms with E-state index in [0.717, 1.165) is 44.9 Å². The van der Waals surface area contributed by atoms with Gasteiger partial charge >= 0.3 is 0 Å². The molecule has 2 heterocycles. The Bertz CT molecular complexity index is 368. The smallest absolute Gasteiger partial charge is 0.0962 e. The zero-order chi connectivity index (χ0) is 13.5. The van der Waals surface area contributed by atoms with E-state index in [4.69, 9.17) is 10.5 Å². The number of piperidine rings is 1. The second-order valence-electron chi connectivity index (χ2n) is 5.11. The molecule has 1 atom stereocenters. The minimum absolute atomic E-state index is 0.407. The second kappa shape index (κ2) is 7.57. The number of nitrogens with zero attached hydrogens (tertiary/aromatic N) is 4. The van der Waals surface area contributed by atoms with Gasteiger partial charge in [0.1, 0.15) is 0 Å². The van der Waals surface area contributed by atoms with E-state index in [-0.39, 0.29) is 0 Å². The summed E-state index contributed by atoms with van der Waals surface area (Å²) in [5, 5.41) is 8.07. The Morgan fingerprint density at radius 2 is 2.37 bits per heavy atom. The van der Waals surface area contributed by atoms with Crippen LogP contribution < -0.4 is 5.73 Å². The topological polar surface area (TPSA) is 69.2 Å². The van der Waals surface area contributed by atoms with E-state index in [1.807, 2.05) is 10.9 Å². The van der Waals surface area contributed by atoms with Gasteiger partial charge in [-0.15, -0.1) is 5.10 Å². The summed E-state index contributed by atoms with van der Waals surface area (Å²) in [6.07, 6.45) is 5.84. The number of aromatic nitrogens is 3. The van der Waals surface area contributed by atoms with Crippen LogP contribution in [0, 0.1) is 0 Å². The monoisotopic (exact) mass is 267 g/mol. The third kappa shape index (κ3) is 4.56. The van der Waals surface area contributed by atoms with Crippen LogP contribution in [-0.4, -0.2) is 52.2 Å². The molecule has 1 aromatic heterocycles. The molecule has 0 bridgehead atoms. The van der Waals surface area contributed by atoms with Crippen molar-refractivity contribution in [1.29, 1.82) is 0 Å². The lowest BCUT2D eigenvalue weighted by molar-refractivity contribution is -0.001000. The largest absolute Gasteiger partial charge is 0.377 e. The van der Waals surface area contributed by atoms with Crippen molar-refractivity contribution in [3.63, 3.8) is 0 Å². The van der Waals surface area contributed by atoms with Crippen LogP contribution in [0.5, 0.6) is 0 Å². The molecule has 6 heteroatoms. The first-order chi connectivity index (χ1) is 9.31. The number of nitrogens with two attached hydrogens (primary N) is 1. The van der Waals surface area contributed by atoms with Gasteiger partial charge in [-0.3, -0.25) is 9.58 Å². The normalized spacial score (nSPS) is 20.8. The first kappa shape index (κ1) is 14.4. The maximum absolute atomic E-state index is 5.84. The minimum atomic E-state index is 0.407. The van der Waals surface area contributed by atoms with E-state index in [0.29, 0.717) is 12.6 Å². The Morgan fingerprint density at radius 1 is 1.47 bits per heavy atom. The van der Waals surface area contributed by atoms with E-state index >= 15 is 0 Å². The van der Waals surface area contributed by atoms with Crippen LogP contribution in [-0.2, 0) is 17.8 Å². The van der Waals surface area contributed by atoms with Crippen LogP contribution in [0.2, 0.25) is 0 Å². The molecule has 2 rings (SSSR count). The molecule has 2 N–H and O–H groups in total. The predicted octanol–water partition coefficient (Wildman–Crippen LogP) is 0.628. The number of ether oxygens (including phenoxy) is 1. The molecule has 1 aromatic rings. The maximum Gasteiger partial charge on any atom is 0.0962 e. The summed E-state index contributed by atoms with van der Waals surface area (Å²) in [6.45, 7) is 7.55. The second-order valence-corrected chi connectivity index (χ2v) is 5.11. The molecule has 1 unspecified atom stereocenters. The lowest BCUT2D eigenvalue weighted by Gasteiger charge is -2.32. The molecular weight excluding hydrogens is 242 g/mol. The van der Waals surface area contributed by atoms with Crippen LogP contribution in [0.1, 0.15) is 31.9 Å². The Labute approximate surface area is 114 Å². The molecular formula is C13H25N5O. The molecule has 19 heavy (non-hydrogen) atoms. The van der Waals surface area contributed by atoms with Crippen molar-refractivity contribution < 1.29 is 4.74 Å².